The number of aliphatic hydroxyl groups excluding tert-OH is 1. The minimum Gasteiger partial charge on any atom is -0.469 e. The highest BCUT2D eigenvalue weighted by molar-refractivity contribution is 5.45. The van der Waals surface area contributed by atoms with Crippen LogP contribution in [0.25, 0.3) is 0 Å². The number of hydrogen-bond donors (Lipinski definition) is 1. The van der Waals surface area contributed by atoms with Crippen molar-refractivity contribution >= 4 is 0 Å². The second-order valence-electron chi connectivity index (χ2n) is 7.91. The summed E-state index contributed by atoms with van der Waals surface area (Å²) in [4.78, 5) is 0. The van der Waals surface area contributed by atoms with Gasteiger partial charge in [-0.15, -0.1) is 0 Å². The normalized spacial score (nSPS) is 20.5. The standard InChI is InChI=1S/C20H26O2/c1-13-15(8-11-22-13)18(21)14-6-7-16-17(12-14)20(4,5)10-9-19(16,2)3/h6-8,11-12,18,21H,9-10H2,1-5H3. The Bertz CT molecular complexity index is 691. The van der Waals surface area contributed by atoms with Crippen LogP contribution in [0.3, 0.4) is 0 Å². The molecule has 3 rings (SSSR count). The molecule has 0 bridgehead atoms. The highest BCUT2D eigenvalue weighted by Crippen LogP contribution is 2.46. The van der Waals surface area contributed by atoms with E-state index in [-0.39, 0.29) is 10.8 Å². The zero-order valence-electron chi connectivity index (χ0n) is 14.2. The molecule has 0 saturated heterocycles. The fourth-order valence-corrected chi connectivity index (χ4v) is 3.63. The molecule has 0 spiro atoms. The summed E-state index contributed by atoms with van der Waals surface area (Å²) < 4.78 is 5.33. The first-order valence-corrected chi connectivity index (χ1v) is 8.09. The van der Waals surface area contributed by atoms with Gasteiger partial charge >= 0.3 is 0 Å². The van der Waals surface area contributed by atoms with Crippen LogP contribution < -0.4 is 0 Å². The number of fused-ring (bicyclic) bond motifs is 1. The van der Waals surface area contributed by atoms with Crippen molar-refractivity contribution in [3.63, 3.8) is 0 Å². The molecule has 1 aliphatic rings. The highest BCUT2D eigenvalue weighted by Gasteiger charge is 2.37. The van der Waals surface area contributed by atoms with E-state index in [9.17, 15) is 5.11 Å². The Hall–Kier alpha value is -1.54. The molecule has 2 nitrogen and oxygen atoms in total. The molecular formula is C20H26O2. The van der Waals surface area contributed by atoms with Gasteiger partial charge in [0, 0.05) is 5.56 Å². The van der Waals surface area contributed by atoms with Crippen molar-refractivity contribution in [1.29, 1.82) is 0 Å². The van der Waals surface area contributed by atoms with Gasteiger partial charge < -0.3 is 9.52 Å². The predicted molar refractivity (Wildman–Crippen MR) is 89.2 cm³/mol. The van der Waals surface area contributed by atoms with E-state index in [0.29, 0.717) is 0 Å². The van der Waals surface area contributed by atoms with Gasteiger partial charge in [0.15, 0.2) is 0 Å². The van der Waals surface area contributed by atoms with E-state index in [1.807, 2.05) is 13.0 Å². The van der Waals surface area contributed by atoms with Crippen LogP contribution in [0.5, 0.6) is 0 Å². The Morgan fingerprint density at radius 1 is 1.00 bits per heavy atom. The lowest BCUT2D eigenvalue weighted by Gasteiger charge is -2.42. The number of aliphatic hydroxyl groups is 1. The maximum absolute atomic E-state index is 10.7. The maximum atomic E-state index is 10.7. The van der Waals surface area contributed by atoms with Gasteiger partial charge in [-0.3, -0.25) is 0 Å². The zero-order chi connectivity index (χ0) is 16.1. The van der Waals surface area contributed by atoms with Gasteiger partial charge in [0.05, 0.1) is 6.26 Å². The van der Waals surface area contributed by atoms with Crippen LogP contribution in [0, 0.1) is 6.92 Å². The molecule has 1 aliphatic carbocycles. The summed E-state index contributed by atoms with van der Waals surface area (Å²) in [6.45, 7) is 11.1. The van der Waals surface area contributed by atoms with Crippen molar-refractivity contribution in [2.45, 2.75) is 64.4 Å². The topological polar surface area (TPSA) is 33.4 Å². The predicted octanol–water partition coefficient (Wildman–Crippen LogP) is 5.02. The number of aryl methyl sites for hydroxylation is 1. The van der Waals surface area contributed by atoms with Crippen LogP contribution in [0.15, 0.2) is 34.9 Å². The van der Waals surface area contributed by atoms with Crippen LogP contribution in [0.4, 0.5) is 0 Å². The lowest BCUT2D eigenvalue weighted by atomic mass is 9.63. The molecule has 1 unspecified atom stereocenters. The number of benzene rings is 1. The van der Waals surface area contributed by atoms with Gasteiger partial charge in [-0.05, 0) is 53.4 Å². The SMILES string of the molecule is Cc1occc1C(O)c1ccc2c(c1)C(C)(C)CCC2(C)C. The molecule has 0 saturated carbocycles. The minimum absolute atomic E-state index is 0.159. The average molecular weight is 298 g/mol. The van der Waals surface area contributed by atoms with E-state index in [2.05, 4.69) is 45.9 Å². The Kier molecular flexibility index (Phi) is 3.48. The average Bonchev–Trinajstić information content (AvgIpc) is 2.89. The molecule has 0 radical (unpaired) electrons. The summed E-state index contributed by atoms with van der Waals surface area (Å²) in [6, 6.07) is 8.34. The fraction of sp³-hybridized carbons (Fsp3) is 0.500. The third kappa shape index (κ3) is 2.40. The molecule has 0 fully saturated rings. The number of rotatable bonds is 2. The van der Waals surface area contributed by atoms with Gasteiger partial charge in [0.1, 0.15) is 11.9 Å². The van der Waals surface area contributed by atoms with E-state index in [4.69, 9.17) is 4.42 Å². The molecule has 1 N–H and O–H groups in total. The molecule has 2 heteroatoms. The fourth-order valence-electron chi connectivity index (χ4n) is 3.63. The number of hydrogen-bond acceptors (Lipinski definition) is 2. The summed E-state index contributed by atoms with van der Waals surface area (Å²) in [5.41, 5.74) is 4.97. The molecule has 22 heavy (non-hydrogen) atoms. The largest absolute Gasteiger partial charge is 0.469 e. The van der Waals surface area contributed by atoms with E-state index in [0.717, 1.165) is 16.9 Å². The Balaban J connectivity index is 2.08. The third-order valence-electron chi connectivity index (χ3n) is 5.39. The Morgan fingerprint density at radius 3 is 2.23 bits per heavy atom. The maximum Gasteiger partial charge on any atom is 0.107 e. The molecule has 2 aromatic rings. The zero-order valence-corrected chi connectivity index (χ0v) is 14.2. The molecule has 1 aromatic carbocycles. The van der Waals surface area contributed by atoms with Gasteiger partial charge in [-0.1, -0.05) is 45.9 Å². The quantitative estimate of drug-likeness (QED) is 0.844. The number of furan rings is 1. The molecule has 0 amide bonds. The van der Waals surface area contributed by atoms with E-state index >= 15 is 0 Å². The van der Waals surface area contributed by atoms with E-state index in [1.165, 1.54) is 24.0 Å². The molecule has 1 atom stereocenters. The molecule has 1 heterocycles. The van der Waals surface area contributed by atoms with Gasteiger partial charge in [0.2, 0.25) is 0 Å². The lowest BCUT2D eigenvalue weighted by molar-refractivity contribution is 0.217. The lowest BCUT2D eigenvalue weighted by Crippen LogP contribution is -2.34. The Labute approximate surface area is 133 Å². The van der Waals surface area contributed by atoms with Crippen LogP contribution in [0.2, 0.25) is 0 Å². The molecule has 1 aromatic heterocycles. The summed E-state index contributed by atoms with van der Waals surface area (Å²) in [7, 11) is 0. The highest BCUT2D eigenvalue weighted by atomic mass is 16.3. The van der Waals surface area contributed by atoms with E-state index in [1.54, 1.807) is 6.26 Å². The van der Waals surface area contributed by atoms with Gasteiger partial charge in [-0.25, -0.2) is 0 Å². The molecule has 0 aliphatic heterocycles. The van der Waals surface area contributed by atoms with Crippen molar-refractivity contribution in [3.05, 3.63) is 58.5 Å². The van der Waals surface area contributed by atoms with Crippen molar-refractivity contribution in [1.82, 2.24) is 0 Å². The second-order valence-corrected chi connectivity index (χ2v) is 7.91. The van der Waals surface area contributed by atoms with Crippen molar-refractivity contribution in [2.24, 2.45) is 0 Å². The van der Waals surface area contributed by atoms with Crippen molar-refractivity contribution in [2.75, 3.05) is 0 Å². The van der Waals surface area contributed by atoms with Crippen LogP contribution >= 0.6 is 0 Å². The van der Waals surface area contributed by atoms with Gasteiger partial charge in [-0.2, -0.15) is 0 Å². The monoisotopic (exact) mass is 298 g/mol. The second kappa shape index (κ2) is 4.99. The van der Waals surface area contributed by atoms with Gasteiger partial charge in [0.25, 0.3) is 0 Å². The van der Waals surface area contributed by atoms with E-state index < -0.39 is 6.10 Å². The van der Waals surface area contributed by atoms with Crippen molar-refractivity contribution < 1.29 is 9.52 Å². The summed E-state index contributed by atoms with van der Waals surface area (Å²) in [6.07, 6.45) is 3.40. The van der Waals surface area contributed by atoms with Crippen LogP contribution in [-0.2, 0) is 10.8 Å². The Morgan fingerprint density at radius 2 is 1.64 bits per heavy atom. The first kappa shape index (κ1) is 15.4. The van der Waals surface area contributed by atoms with Crippen molar-refractivity contribution in [3.8, 4) is 0 Å². The molecular weight excluding hydrogens is 272 g/mol. The summed E-state index contributed by atoms with van der Waals surface area (Å²) in [5.74, 6) is 0.782. The smallest absolute Gasteiger partial charge is 0.107 e. The summed E-state index contributed by atoms with van der Waals surface area (Å²) >= 11 is 0. The first-order valence-electron chi connectivity index (χ1n) is 8.09. The summed E-state index contributed by atoms with van der Waals surface area (Å²) in [5, 5.41) is 10.7. The molecule has 118 valence electrons. The van der Waals surface area contributed by atoms with Crippen LogP contribution in [0.1, 0.15) is 74.7 Å². The first-order chi connectivity index (χ1) is 10.2. The van der Waals surface area contributed by atoms with Crippen LogP contribution in [-0.4, -0.2) is 5.11 Å². The minimum atomic E-state index is -0.620. The third-order valence-corrected chi connectivity index (χ3v) is 5.39.